The van der Waals surface area contributed by atoms with Crippen LogP contribution in [0.4, 0.5) is 0 Å². The van der Waals surface area contributed by atoms with Gasteiger partial charge in [-0.25, -0.2) is 4.68 Å². The average Bonchev–Trinajstić information content (AvgIpc) is 3.22. The fraction of sp³-hybridized carbons (Fsp3) is 0.353. The minimum absolute atomic E-state index is 0.380. The Bertz CT molecular complexity index is 772. The van der Waals surface area contributed by atoms with Gasteiger partial charge in [0, 0.05) is 48.9 Å². The smallest absolute Gasteiger partial charge is 0.119 e. The van der Waals surface area contributed by atoms with Gasteiger partial charge in [-0.15, -0.1) is 5.10 Å². The molecule has 0 radical (unpaired) electrons. The largest absolute Gasteiger partial charge is 0.375 e. The van der Waals surface area contributed by atoms with Crippen molar-refractivity contribution in [1.82, 2.24) is 25.3 Å². The molecule has 3 aromatic heterocycles. The van der Waals surface area contributed by atoms with Gasteiger partial charge in [0.25, 0.3) is 0 Å². The van der Waals surface area contributed by atoms with E-state index in [1.165, 1.54) is 5.56 Å². The van der Waals surface area contributed by atoms with Gasteiger partial charge in [0.05, 0.1) is 18.9 Å². The lowest BCUT2D eigenvalue weighted by molar-refractivity contribution is 0.0942. The number of pyridine rings is 1. The summed E-state index contributed by atoms with van der Waals surface area (Å²) in [6.45, 7) is 3.85. The van der Waals surface area contributed by atoms with E-state index in [1.54, 1.807) is 11.3 Å². The second kappa shape index (κ2) is 7.21. The lowest BCUT2D eigenvalue weighted by atomic mass is 10.1. The average molecular weight is 341 g/mol. The predicted molar refractivity (Wildman–Crippen MR) is 92.4 cm³/mol. The van der Waals surface area contributed by atoms with Crippen molar-refractivity contribution in [2.24, 2.45) is 5.92 Å². The van der Waals surface area contributed by atoms with Crippen molar-refractivity contribution in [3.05, 3.63) is 52.6 Å². The first kappa shape index (κ1) is 15.4. The summed E-state index contributed by atoms with van der Waals surface area (Å²) in [5, 5.41) is 16.4. The summed E-state index contributed by atoms with van der Waals surface area (Å²) in [4.78, 5) is 4.04. The summed E-state index contributed by atoms with van der Waals surface area (Å²) in [6, 6.07) is 6.13. The Hall–Kier alpha value is -2.09. The molecule has 1 atom stereocenters. The Balaban J connectivity index is 1.40. The third-order valence-electron chi connectivity index (χ3n) is 4.17. The van der Waals surface area contributed by atoms with Crippen LogP contribution in [0.3, 0.4) is 0 Å². The number of aromatic nitrogens is 4. The molecule has 0 aromatic carbocycles. The van der Waals surface area contributed by atoms with Crippen LogP contribution in [0.15, 0.2) is 41.4 Å². The molecule has 1 unspecified atom stereocenters. The van der Waals surface area contributed by atoms with Gasteiger partial charge < -0.3 is 10.1 Å². The number of ether oxygens (including phenoxy) is 1. The Morgan fingerprint density at radius 1 is 1.29 bits per heavy atom. The van der Waals surface area contributed by atoms with E-state index < -0.39 is 0 Å². The minimum atomic E-state index is 0.380. The molecule has 7 heteroatoms. The zero-order valence-corrected chi connectivity index (χ0v) is 14.1. The quantitative estimate of drug-likeness (QED) is 0.772. The third-order valence-corrected chi connectivity index (χ3v) is 4.85. The van der Waals surface area contributed by atoms with Crippen molar-refractivity contribution in [3.63, 3.8) is 0 Å². The number of rotatable bonds is 5. The van der Waals surface area contributed by atoms with Crippen molar-refractivity contribution in [1.29, 1.82) is 0 Å². The van der Waals surface area contributed by atoms with Gasteiger partial charge in [-0.2, -0.15) is 11.3 Å². The molecule has 0 saturated heterocycles. The molecule has 0 saturated carbocycles. The number of nitrogens with zero attached hydrogens (tertiary/aromatic N) is 4. The molecule has 0 amide bonds. The summed E-state index contributed by atoms with van der Waals surface area (Å²) in [6.07, 6.45) is 3.64. The molecule has 0 spiro atoms. The lowest BCUT2D eigenvalue weighted by Gasteiger charge is -2.14. The molecule has 4 heterocycles. The first-order valence-corrected chi connectivity index (χ1v) is 8.97. The van der Waals surface area contributed by atoms with Gasteiger partial charge in [-0.1, -0.05) is 5.21 Å². The van der Waals surface area contributed by atoms with Crippen molar-refractivity contribution in [2.75, 3.05) is 13.2 Å². The van der Waals surface area contributed by atoms with Gasteiger partial charge in [0.2, 0.25) is 0 Å². The topological polar surface area (TPSA) is 64.9 Å². The van der Waals surface area contributed by atoms with E-state index in [9.17, 15) is 0 Å². The van der Waals surface area contributed by atoms with Crippen LogP contribution in [0.5, 0.6) is 0 Å². The number of thiophene rings is 1. The van der Waals surface area contributed by atoms with Crippen molar-refractivity contribution in [3.8, 4) is 11.3 Å². The highest BCUT2D eigenvalue weighted by Gasteiger charge is 2.22. The van der Waals surface area contributed by atoms with Crippen LogP contribution in [0, 0.1) is 5.92 Å². The third kappa shape index (κ3) is 3.38. The minimum Gasteiger partial charge on any atom is -0.375 e. The van der Waals surface area contributed by atoms with Crippen molar-refractivity contribution < 1.29 is 4.74 Å². The highest BCUT2D eigenvalue weighted by Crippen LogP contribution is 2.26. The van der Waals surface area contributed by atoms with Crippen molar-refractivity contribution >= 4 is 11.3 Å². The van der Waals surface area contributed by atoms with Crippen LogP contribution in [0.1, 0.15) is 11.3 Å². The zero-order chi connectivity index (χ0) is 16.2. The number of nitrogens with one attached hydrogen (secondary N) is 1. The Morgan fingerprint density at radius 2 is 2.21 bits per heavy atom. The Labute approximate surface area is 144 Å². The normalized spacial score (nSPS) is 17.4. The van der Waals surface area contributed by atoms with Crippen LogP contribution in [-0.4, -0.2) is 33.1 Å². The molecule has 124 valence electrons. The first-order valence-electron chi connectivity index (χ1n) is 8.02. The fourth-order valence-corrected chi connectivity index (χ4v) is 3.55. The molecule has 0 aliphatic carbocycles. The Morgan fingerprint density at radius 3 is 3.04 bits per heavy atom. The second-order valence-corrected chi connectivity index (χ2v) is 6.73. The molecule has 1 aliphatic heterocycles. The zero-order valence-electron chi connectivity index (χ0n) is 13.3. The lowest BCUT2D eigenvalue weighted by Crippen LogP contribution is -2.28. The van der Waals surface area contributed by atoms with Gasteiger partial charge in [-0.3, -0.25) is 4.98 Å². The molecule has 24 heavy (non-hydrogen) atoms. The van der Waals surface area contributed by atoms with Crippen LogP contribution in [0.2, 0.25) is 0 Å². The maximum atomic E-state index is 5.89. The van der Waals surface area contributed by atoms with E-state index >= 15 is 0 Å². The standard InChI is InChI=1S/C17H19N5OS/c1-4-18-5-2-13(1)7-19-8-14-9-22-16(11-23-10-14)17(20-21-22)15-3-6-24-12-15/h1-6,12,14,19H,7-11H2. The second-order valence-electron chi connectivity index (χ2n) is 5.95. The van der Waals surface area contributed by atoms with Gasteiger partial charge in [0.1, 0.15) is 5.69 Å². The maximum Gasteiger partial charge on any atom is 0.119 e. The monoisotopic (exact) mass is 341 g/mol. The molecule has 0 fully saturated rings. The molecule has 6 nitrogen and oxygen atoms in total. The number of fused-ring (bicyclic) bond motifs is 1. The van der Waals surface area contributed by atoms with E-state index in [1.807, 2.05) is 29.2 Å². The fourth-order valence-electron chi connectivity index (χ4n) is 2.91. The van der Waals surface area contributed by atoms with E-state index in [4.69, 9.17) is 4.74 Å². The number of hydrogen-bond donors (Lipinski definition) is 1. The van der Waals surface area contributed by atoms with Crippen LogP contribution in [0.25, 0.3) is 11.3 Å². The molecule has 1 aliphatic rings. The molecular formula is C17H19N5OS. The maximum absolute atomic E-state index is 5.89. The van der Waals surface area contributed by atoms with Crippen LogP contribution < -0.4 is 5.32 Å². The first-order chi connectivity index (χ1) is 11.9. The molecule has 4 rings (SSSR count). The van der Waals surface area contributed by atoms with Crippen LogP contribution >= 0.6 is 11.3 Å². The van der Waals surface area contributed by atoms with Gasteiger partial charge >= 0.3 is 0 Å². The van der Waals surface area contributed by atoms with E-state index in [-0.39, 0.29) is 0 Å². The van der Waals surface area contributed by atoms with Crippen LogP contribution in [-0.2, 0) is 24.4 Å². The van der Waals surface area contributed by atoms with Gasteiger partial charge in [-0.05, 0) is 29.1 Å². The number of hydrogen-bond acceptors (Lipinski definition) is 6. The summed E-state index contributed by atoms with van der Waals surface area (Å²) in [5.74, 6) is 0.380. The molecule has 0 bridgehead atoms. The summed E-state index contributed by atoms with van der Waals surface area (Å²) >= 11 is 1.67. The summed E-state index contributed by atoms with van der Waals surface area (Å²) < 4.78 is 7.88. The van der Waals surface area contributed by atoms with Crippen molar-refractivity contribution in [2.45, 2.75) is 19.7 Å². The SMILES string of the molecule is c1cc(CNCC2COCc3c(-c4ccsc4)nnn3C2)ccn1. The molecule has 1 N–H and O–H groups in total. The van der Waals surface area contributed by atoms with Gasteiger partial charge in [0.15, 0.2) is 0 Å². The van der Waals surface area contributed by atoms with E-state index in [2.05, 4.69) is 37.4 Å². The van der Waals surface area contributed by atoms with E-state index in [0.717, 1.165) is 43.2 Å². The predicted octanol–water partition coefficient (Wildman–Crippen LogP) is 2.34. The summed E-state index contributed by atoms with van der Waals surface area (Å²) in [5.41, 5.74) is 4.38. The highest BCUT2D eigenvalue weighted by atomic mass is 32.1. The summed E-state index contributed by atoms with van der Waals surface area (Å²) in [7, 11) is 0. The van der Waals surface area contributed by atoms with E-state index in [0.29, 0.717) is 12.5 Å². The highest BCUT2D eigenvalue weighted by molar-refractivity contribution is 7.08. The molecular weight excluding hydrogens is 322 g/mol. The Kier molecular flexibility index (Phi) is 4.64. The molecule has 3 aromatic rings.